The molecular formula is C12H18F3N5O. The Morgan fingerprint density at radius 1 is 1.24 bits per heavy atom. The van der Waals surface area contributed by atoms with Crippen LogP contribution in [0.4, 0.5) is 24.9 Å². The van der Waals surface area contributed by atoms with Gasteiger partial charge >= 0.3 is 6.18 Å². The summed E-state index contributed by atoms with van der Waals surface area (Å²) in [6.07, 6.45) is -4.59. The molecule has 0 bridgehead atoms. The van der Waals surface area contributed by atoms with E-state index in [2.05, 4.69) is 25.9 Å². The molecule has 6 nitrogen and oxygen atoms in total. The first-order chi connectivity index (χ1) is 9.63. The van der Waals surface area contributed by atoms with Gasteiger partial charge in [0.15, 0.2) is 5.69 Å². The van der Waals surface area contributed by atoms with E-state index in [1.807, 2.05) is 0 Å². The van der Waals surface area contributed by atoms with Crippen LogP contribution in [0.2, 0.25) is 0 Å². The molecule has 0 fully saturated rings. The van der Waals surface area contributed by atoms with Gasteiger partial charge in [-0.1, -0.05) is 0 Å². The predicted octanol–water partition coefficient (Wildman–Crippen LogP) is 1.86. The Labute approximate surface area is 120 Å². The van der Waals surface area contributed by atoms with Crippen molar-refractivity contribution in [2.45, 2.75) is 39.0 Å². The summed E-state index contributed by atoms with van der Waals surface area (Å²) in [6, 6.07) is -0.0289. The minimum absolute atomic E-state index is 0.0641. The molecule has 3 N–H and O–H groups in total. The Bertz CT molecular complexity index is 504. The number of alkyl halides is 3. The highest BCUT2D eigenvalue weighted by Gasteiger charge is 2.34. The van der Waals surface area contributed by atoms with Crippen molar-refractivity contribution in [2.75, 3.05) is 17.7 Å². The largest absolute Gasteiger partial charge is 0.433 e. The van der Waals surface area contributed by atoms with Crippen LogP contribution in [0.5, 0.6) is 0 Å². The summed E-state index contributed by atoms with van der Waals surface area (Å²) >= 11 is 0. The molecule has 0 aliphatic rings. The number of hydrogen-bond donors (Lipinski definition) is 3. The maximum absolute atomic E-state index is 12.7. The number of aromatic nitrogens is 2. The van der Waals surface area contributed by atoms with Crippen LogP contribution in [0.1, 0.15) is 26.5 Å². The predicted molar refractivity (Wildman–Crippen MR) is 72.9 cm³/mol. The minimum Gasteiger partial charge on any atom is -0.358 e. The lowest BCUT2D eigenvalue weighted by Crippen LogP contribution is -2.41. The number of carbonyl (C=O) groups excluding carboxylic acids is 1. The topological polar surface area (TPSA) is 78.9 Å². The van der Waals surface area contributed by atoms with E-state index in [1.165, 1.54) is 14.0 Å². The van der Waals surface area contributed by atoms with E-state index in [0.29, 0.717) is 0 Å². The summed E-state index contributed by atoms with van der Waals surface area (Å²) in [6.45, 7) is 5.11. The molecule has 1 heterocycles. The molecule has 1 rings (SSSR count). The number of nitrogens with one attached hydrogen (secondary N) is 3. The quantitative estimate of drug-likeness (QED) is 0.774. The third-order valence-electron chi connectivity index (χ3n) is 2.43. The van der Waals surface area contributed by atoms with Gasteiger partial charge in [0.2, 0.25) is 11.9 Å². The van der Waals surface area contributed by atoms with E-state index in [4.69, 9.17) is 0 Å². The minimum atomic E-state index is -4.59. The standard InChI is InChI=1S/C12H18F3N5O/c1-6(2)17-10(21)7(3)18-9-5-8(12(13,14)15)19-11(16-4)20-9/h5-7H,1-4H3,(H,17,21)(H2,16,18,19,20). The number of halogens is 3. The van der Waals surface area contributed by atoms with Crippen LogP contribution in [0.15, 0.2) is 6.07 Å². The normalized spacial score (nSPS) is 13.0. The molecule has 0 radical (unpaired) electrons. The van der Waals surface area contributed by atoms with Crippen molar-refractivity contribution >= 4 is 17.7 Å². The van der Waals surface area contributed by atoms with E-state index < -0.39 is 17.9 Å². The second kappa shape index (κ2) is 6.59. The highest BCUT2D eigenvalue weighted by molar-refractivity contribution is 5.84. The van der Waals surface area contributed by atoms with Gasteiger partial charge in [-0.2, -0.15) is 18.2 Å². The lowest BCUT2D eigenvalue weighted by atomic mass is 10.2. The average molecular weight is 305 g/mol. The van der Waals surface area contributed by atoms with Gasteiger partial charge in [-0.05, 0) is 20.8 Å². The maximum Gasteiger partial charge on any atom is 0.433 e. The van der Waals surface area contributed by atoms with E-state index in [-0.39, 0.29) is 23.7 Å². The fraction of sp³-hybridized carbons (Fsp3) is 0.583. The zero-order valence-electron chi connectivity index (χ0n) is 12.2. The summed E-state index contributed by atoms with van der Waals surface area (Å²) in [5.74, 6) is -0.583. The number of hydrogen-bond acceptors (Lipinski definition) is 5. The molecule has 118 valence electrons. The summed E-state index contributed by atoms with van der Waals surface area (Å²) in [5.41, 5.74) is -1.08. The molecule has 0 saturated carbocycles. The number of carbonyl (C=O) groups is 1. The van der Waals surface area contributed by atoms with Crippen molar-refractivity contribution < 1.29 is 18.0 Å². The summed E-state index contributed by atoms with van der Waals surface area (Å²) < 4.78 is 38.2. The van der Waals surface area contributed by atoms with Gasteiger partial charge in [-0.25, -0.2) is 4.98 Å². The molecule has 0 aromatic carbocycles. The number of rotatable bonds is 5. The van der Waals surface area contributed by atoms with Gasteiger partial charge in [-0.3, -0.25) is 4.79 Å². The monoisotopic (exact) mass is 305 g/mol. The molecule has 0 saturated heterocycles. The maximum atomic E-state index is 12.7. The fourth-order valence-electron chi connectivity index (χ4n) is 1.48. The van der Waals surface area contributed by atoms with Gasteiger partial charge < -0.3 is 16.0 Å². The van der Waals surface area contributed by atoms with Gasteiger partial charge in [0.1, 0.15) is 11.9 Å². The Balaban J connectivity index is 2.95. The molecule has 1 atom stereocenters. The van der Waals surface area contributed by atoms with Crippen LogP contribution in [0, 0.1) is 0 Å². The second-order valence-electron chi connectivity index (χ2n) is 4.74. The number of amides is 1. The van der Waals surface area contributed by atoms with Gasteiger partial charge in [-0.15, -0.1) is 0 Å². The molecule has 1 aromatic heterocycles. The smallest absolute Gasteiger partial charge is 0.358 e. The molecule has 0 aliphatic heterocycles. The van der Waals surface area contributed by atoms with Crippen LogP contribution < -0.4 is 16.0 Å². The zero-order valence-corrected chi connectivity index (χ0v) is 12.2. The van der Waals surface area contributed by atoms with E-state index in [1.54, 1.807) is 13.8 Å². The molecule has 0 spiro atoms. The Morgan fingerprint density at radius 2 is 1.86 bits per heavy atom. The molecule has 0 aliphatic carbocycles. The van der Waals surface area contributed by atoms with E-state index in [0.717, 1.165) is 6.07 Å². The lowest BCUT2D eigenvalue weighted by molar-refractivity contribution is -0.141. The van der Waals surface area contributed by atoms with Crippen molar-refractivity contribution in [1.82, 2.24) is 15.3 Å². The van der Waals surface area contributed by atoms with Gasteiger partial charge in [0, 0.05) is 19.2 Å². The van der Waals surface area contributed by atoms with Gasteiger partial charge in [0.05, 0.1) is 0 Å². The molecule has 1 aromatic rings. The zero-order chi connectivity index (χ0) is 16.2. The van der Waals surface area contributed by atoms with Crippen LogP contribution in [-0.4, -0.2) is 35.0 Å². The van der Waals surface area contributed by atoms with Crippen LogP contribution in [-0.2, 0) is 11.0 Å². The molecular weight excluding hydrogens is 287 g/mol. The number of anilines is 2. The molecule has 21 heavy (non-hydrogen) atoms. The van der Waals surface area contributed by atoms with E-state index >= 15 is 0 Å². The average Bonchev–Trinajstić information content (AvgIpc) is 2.36. The Morgan fingerprint density at radius 3 is 2.33 bits per heavy atom. The molecule has 9 heteroatoms. The Kier molecular flexibility index (Phi) is 5.34. The van der Waals surface area contributed by atoms with Gasteiger partial charge in [0.25, 0.3) is 0 Å². The third-order valence-corrected chi connectivity index (χ3v) is 2.43. The van der Waals surface area contributed by atoms with Crippen LogP contribution >= 0.6 is 0 Å². The van der Waals surface area contributed by atoms with Crippen molar-refractivity contribution in [2.24, 2.45) is 0 Å². The van der Waals surface area contributed by atoms with Crippen molar-refractivity contribution in [3.05, 3.63) is 11.8 Å². The third kappa shape index (κ3) is 5.09. The van der Waals surface area contributed by atoms with E-state index in [9.17, 15) is 18.0 Å². The van der Waals surface area contributed by atoms with Crippen molar-refractivity contribution in [3.8, 4) is 0 Å². The number of nitrogens with zero attached hydrogens (tertiary/aromatic N) is 2. The summed E-state index contributed by atoms with van der Waals surface area (Å²) in [7, 11) is 1.41. The summed E-state index contributed by atoms with van der Waals surface area (Å²) in [4.78, 5) is 18.9. The summed E-state index contributed by atoms with van der Waals surface area (Å²) in [5, 5.41) is 7.74. The molecule has 1 amide bonds. The lowest BCUT2D eigenvalue weighted by Gasteiger charge is -2.17. The SMILES string of the molecule is CNc1nc(NC(C)C(=O)NC(C)C)cc(C(F)(F)F)n1. The highest BCUT2D eigenvalue weighted by Crippen LogP contribution is 2.29. The first-order valence-electron chi connectivity index (χ1n) is 6.34. The highest BCUT2D eigenvalue weighted by atomic mass is 19.4. The van der Waals surface area contributed by atoms with Crippen LogP contribution in [0.25, 0.3) is 0 Å². The fourth-order valence-corrected chi connectivity index (χ4v) is 1.48. The van der Waals surface area contributed by atoms with Crippen LogP contribution in [0.3, 0.4) is 0 Å². The van der Waals surface area contributed by atoms with Crippen molar-refractivity contribution in [3.63, 3.8) is 0 Å². The first-order valence-corrected chi connectivity index (χ1v) is 6.34. The first kappa shape index (κ1) is 17.0. The second-order valence-corrected chi connectivity index (χ2v) is 4.74. The Hall–Kier alpha value is -2.06. The molecule has 1 unspecified atom stereocenters. The van der Waals surface area contributed by atoms with Crippen molar-refractivity contribution in [1.29, 1.82) is 0 Å².